The number of hydrogen-bond donors (Lipinski definition) is 2. The molecule has 1 aliphatic rings. The Hall–Kier alpha value is -3.36. The molecule has 0 saturated carbocycles. The summed E-state index contributed by atoms with van der Waals surface area (Å²) in [4.78, 5) is 48.3. The standard InChI is InChI=1S/C20H20ClF3N6O5/c1-11(31)10-28-15-14(16(32)30(19(28)34)35-17(33)20(22,23)24)29(13-5-3-2-4-12(13)21)18(26-15)27-8-6-25-7-9-27/h2-5,11,25,31H,6-10H2,1H3. The first kappa shape index (κ1) is 24.8. The topological polar surface area (TPSA) is 124 Å². The lowest BCUT2D eigenvalue weighted by atomic mass is 10.3. The molecule has 2 aromatic heterocycles. The second kappa shape index (κ2) is 9.36. The van der Waals surface area contributed by atoms with Crippen LogP contribution in [0.4, 0.5) is 19.1 Å². The fourth-order valence-electron chi connectivity index (χ4n) is 3.74. The summed E-state index contributed by atoms with van der Waals surface area (Å²) in [5.41, 5.74) is -3.07. The van der Waals surface area contributed by atoms with Gasteiger partial charge in [0.15, 0.2) is 11.2 Å². The maximum atomic E-state index is 13.4. The molecule has 3 aromatic rings. The van der Waals surface area contributed by atoms with Gasteiger partial charge >= 0.3 is 23.4 Å². The number of carbonyl (C=O) groups excluding carboxylic acids is 1. The number of piperazine rings is 1. The summed E-state index contributed by atoms with van der Waals surface area (Å²) in [6, 6.07) is 6.37. The molecule has 4 rings (SSSR count). The Bertz CT molecular complexity index is 1390. The molecule has 35 heavy (non-hydrogen) atoms. The van der Waals surface area contributed by atoms with Gasteiger partial charge in [-0.25, -0.2) is 9.59 Å². The van der Waals surface area contributed by atoms with Gasteiger partial charge in [-0.05, 0) is 19.1 Å². The third kappa shape index (κ3) is 4.63. The molecule has 0 aliphatic carbocycles. The van der Waals surface area contributed by atoms with E-state index in [-0.39, 0.29) is 32.6 Å². The minimum absolute atomic E-state index is 0.190. The van der Waals surface area contributed by atoms with Crippen molar-refractivity contribution in [1.29, 1.82) is 0 Å². The van der Waals surface area contributed by atoms with E-state index in [2.05, 4.69) is 15.1 Å². The predicted octanol–water partition coefficient (Wildman–Crippen LogP) is 0.310. The van der Waals surface area contributed by atoms with Crippen molar-refractivity contribution in [2.45, 2.75) is 25.7 Å². The van der Waals surface area contributed by atoms with Crippen LogP contribution in [0.3, 0.4) is 0 Å². The third-order valence-electron chi connectivity index (χ3n) is 5.23. The molecule has 1 aliphatic heterocycles. The molecule has 11 nitrogen and oxygen atoms in total. The average Bonchev–Trinajstić information content (AvgIpc) is 3.20. The van der Waals surface area contributed by atoms with E-state index in [1.165, 1.54) is 17.6 Å². The number of nitrogens with one attached hydrogen (secondary N) is 1. The number of fused-ring (bicyclic) bond motifs is 1. The number of nitrogens with zero attached hydrogens (tertiary/aromatic N) is 5. The number of anilines is 1. The Morgan fingerprint density at radius 3 is 2.51 bits per heavy atom. The van der Waals surface area contributed by atoms with Crippen molar-refractivity contribution in [2.75, 3.05) is 31.1 Å². The van der Waals surface area contributed by atoms with Crippen LogP contribution in [0.15, 0.2) is 33.9 Å². The highest BCUT2D eigenvalue weighted by Crippen LogP contribution is 2.29. The minimum atomic E-state index is -5.47. The molecule has 1 fully saturated rings. The first-order chi connectivity index (χ1) is 16.5. The lowest BCUT2D eigenvalue weighted by Crippen LogP contribution is -2.49. The second-order valence-corrected chi connectivity index (χ2v) is 8.23. The largest absolute Gasteiger partial charge is 0.493 e. The minimum Gasteiger partial charge on any atom is -0.392 e. The quantitative estimate of drug-likeness (QED) is 0.497. The van der Waals surface area contributed by atoms with Crippen LogP contribution in [0.5, 0.6) is 0 Å². The number of rotatable bonds is 5. The van der Waals surface area contributed by atoms with Crippen molar-refractivity contribution in [2.24, 2.45) is 0 Å². The van der Waals surface area contributed by atoms with E-state index in [1.54, 1.807) is 18.2 Å². The molecule has 0 bridgehead atoms. The summed E-state index contributed by atoms with van der Waals surface area (Å²) < 4.78 is 40.4. The summed E-state index contributed by atoms with van der Waals surface area (Å²) >= 11 is 6.39. The van der Waals surface area contributed by atoms with Crippen LogP contribution < -0.4 is 26.3 Å². The Labute approximate surface area is 199 Å². The molecule has 0 spiro atoms. The van der Waals surface area contributed by atoms with Gasteiger partial charge in [-0.2, -0.15) is 18.2 Å². The van der Waals surface area contributed by atoms with Crippen molar-refractivity contribution in [3.05, 3.63) is 50.1 Å². The molecule has 1 aromatic carbocycles. The van der Waals surface area contributed by atoms with Gasteiger partial charge < -0.3 is 20.2 Å². The molecule has 1 saturated heterocycles. The van der Waals surface area contributed by atoms with Crippen LogP contribution in [0, 0.1) is 0 Å². The highest BCUT2D eigenvalue weighted by atomic mass is 35.5. The van der Waals surface area contributed by atoms with Gasteiger partial charge in [0.1, 0.15) is 0 Å². The van der Waals surface area contributed by atoms with Crippen molar-refractivity contribution >= 4 is 34.7 Å². The van der Waals surface area contributed by atoms with Crippen molar-refractivity contribution in [3.8, 4) is 5.69 Å². The summed E-state index contributed by atoms with van der Waals surface area (Å²) in [5.74, 6) is -2.56. The summed E-state index contributed by atoms with van der Waals surface area (Å²) in [6.07, 6.45) is -6.63. The maximum absolute atomic E-state index is 13.4. The van der Waals surface area contributed by atoms with Crippen molar-refractivity contribution in [3.63, 3.8) is 0 Å². The summed E-state index contributed by atoms with van der Waals surface area (Å²) in [5, 5.41) is 13.3. The van der Waals surface area contributed by atoms with Crippen LogP contribution >= 0.6 is 11.6 Å². The van der Waals surface area contributed by atoms with E-state index < -0.39 is 36.0 Å². The van der Waals surface area contributed by atoms with Crippen LogP contribution in [-0.2, 0) is 11.3 Å². The zero-order valence-electron chi connectivity index (χ0n) is 18.3. The van der Waals surface area contributed by atoms with Gasteiger partial charge in [0.05, 0.1) is 23.4 Å². The van der Waals surface area contributed by atoms with Gasteiger partial charge in [0.25, 0.3) is 0 Å². The number of hydrogen-bond acceptors (Lipinski definition) is 8. The zero-order chi connectivity index (χ0) is 25.5. The summed E-state index contributed by atoms with van der Waals surface area (Å²) in [6.45, 7) is 2.98. The van der Waals surface area contributed by atoms with Gasteiger partial charge in [0.2, 0.25) is 5.95 Å². The van der Waals surface area contributed by atoms with Crippen molar-refractivity contribution < 1.29 is 27.9 Å². The van der Waals surface area contributed by atoms with Gasteiger partial charge in [-0.1, -0.05) is 28.5 Å². The third-order valence-corrected chi connectivity index (χ3v) is 5.55. The van der Waals surface area contributed by atoms with E-state index in [0.29, 0.717) is 26.2 Å². The number of aromatic nitrogens is 4. The Morgan fingerprint density at radius 2 is 1.91 bits per heavy atom. The Kier molecular flexibility index (Phi) is 6.62. The fourth-order valence-corrected chi connectivity index (χ4v) is 3.96. The fraction of sp³-hybridized carbons (Fsp3) is 0.400. The predicted molar refractivity (Wildman–Crippen MR) is 119 cm³/mol. The van der Waals surface area contributed by atoms with E-state index in [9.17, 15) is 32.7 Å². The molecule has 188 valence electrons. The second-order valence-electron chi connectivity index (χ2n) is 7.83. The maximum Gasteiger partial charge on any atom is 0.493 e. The Morgan fingerprint density at radius 1 is 1.26 bits per heavy atom. The van der Waals surface area contributed by atoms with Crippen LogP contribution in [0.2, 0.25) is 5.02 Å². The van der Waals surface area contributed by atoms with Gasteiger partial charge in [0, 0.05) is 26.2 Å². The number of benzene rings is 1. The number of imidazole rings is 1. The number of carbonyl (C=O) groups is 1. The van der Waals surface area contributed by atoms with E-state index in [1.807, 2.05) is 4.90 Å². The van der Waals surface area contributed by atoms with E-state index >= 15 is 0 Å². The smallest absolute Gasteiger partial charge is 0.392 e. The molecular formula is C20H20ClF3N6O5. The number of aliphatic hydroxyl groups excluding tert-OH is 1. The molecule has 2 N–H and O–H groups in total. The number of alkyl halides is 3. The SMILES string of the molecule is CC(O)Cn1c(=O)n(OC(=O)C(F)(F)F)c(=O)c2c1nc(N1CCNCC1)n2-c1ccccc1Cl. The lowest BCUT2D eigenvalue weighted by Gasteiger charge is -2.28. The first-order valence-corrected chi connectivity index (χ1v) is 10.8. The monoisotopic (exact) mass is 516 g/mol. The summed E-state index contributed by atoms with van der Waals surface area (Å²) in [7, 11) is 0. The first-order valence-electron chi connectivity index (χ1n) is 10.5. The number of aliphatic hydroxyl groups is 1. The highest BCUT2D eigenvalue weighted by molar-refractivity contribution is 6.32. The average molecular weight is 517 g/mol. The molecule has 1 atom stereocenters. The molecule has 0 amide bonds. The van der Waals surface area contributed by atoms with Crippen LogP contribution in [0.1, 0.15) is 6.92 Å². The Balaban J connectivity index is 2.10. The zero-order valence-corrected chi connectivity index (χ0v) is 19.0. The highest BCUT2D eigenvalue weighted by Gasteiger charge is 2.43. The molecule has 15 heteroatoms. The van der Waals surface area contributed by atoms with Gasteiger partial charge in [-0.15, -0.1) is 0 Å². The van der Waals surface area contributed by atoms with Crippen LogP contribution in [-0.4, -0.2) is 68.4 Å². The lowest BCUT2D eigenvalue weighted by molar-refractivity contribution is -0.200. The molecular weight excluding hydrogens is 497 g/mol. The van der Waals surface area contributed by atoms with E-state index in [4.69, 9.17) is 11.6 Å². The van der Waals surface area contributed by atoms with Crippen LogP contribution in [0.25, 0.3) is 16.9 Å². The van der Waals surface area contributed by atoms with Crippen molar-refractivity contribution in [1.82, 2.24) is 24.2 Å². The molecule has 3 heterocycles. The molecule has 0 radical (unpaired) electrons. The number of halogens is 4. The van der Waals surface area contributed by atoms with Gasteiger partial charge in [-0.3, -0.25) is 13.9 Å². The molecule has 1 unspecified atom stereocenters. The normalized spacial score (nSPS) is 15.4. The number of para-hydroxylation sites is 1. The van der Waals surface area contributed by atoms with E-state index in [0.717, 1.165) is 4.57 Å².